The first kappa shape index (κ1) is 18.7. The van der Waals surface area contributed by atoms with E-state index >= 15 is 0 Å². The van der Waals surface area contributed by atoms with E-state index in [2.05, 4.69) is 15.5 Å². The summed E-state index contributed by atoms with van der Waals surface area (Å²) in [6.07, 6.45) is -0.0716. The first-order valence-corrected chi connectivity index (χ1v) is 8.03. The molecule has 2 aromatic heterocycles. The van der Waals surface area contributed by atoms with Gasteiger partial charge in [0.25, 0.3) is 5.91 Å². The summed E-state index contributed by atoms with van der Waals surface area (Å²) in [5, 5.41) is 3.87. The second-order valence-electron chi connectivity index (χ2n) is 5.39. The van der Waals surface area contributed by atoms with Gasteiger partial charge in [-0.15, -0.1) is 0 Å². The maximum Gasteiger partial charge on any atom is 0.416 e. The summed E-state index contributed by atoms with van der Waals surface area (Å²) in [6, 6.07) is 11.2. The van der Waals surface area contributed by atoms with Gasteiger partial charge in [0.1, 0.15) is 5.15 Å². The molecule has 0 aliphatic carbocycles. The second kappa shape index (κ2) is 7.63. The number of hydrogen-bond acceptors (Lipinski definition) is 3. The van der Waals surface area contributed by atoms with Crippen LogP contribution in [0.2, 0.25) is 5.15 Å². The minimum atomic E-state index is -4.44. The Kier molecular flexibility index (Phi) is 5.27. The summed E-state index contributed by atoms with van der Waals surface area (Å²) >= 11 is 5.83. The Morgan fingerprint density at radius 3 is 2.74 bits per heavy atom. The quantitative estimate of drug-likeness (QED) is 0.408. The predicted molar refractivity (Wildman–Crippen MR) is 95.1 cm³/mol. The molecule has 0 unspecified atom stereocenters. The lowest BCUT2D eigenvalue weighted by molar-refractivity contribution is -0.137. The van der Waals surface area contributed by atoms with E-state index < -0.39 is 17.6 Å². The van der Waals surface area contributed by atoms with Gasteiger partial charge in [-0.2, -0.15) is 18.3 Å². The summed E-state index contributed by atoms with van der Waals surface area (Å²) < 4.78 is 40.2. The van der Waals surface area contributed by atoms with Crippen LogP contribution in [0.4, 0.5) is 13.2 Å². The molecule has 3 aromatic rings. The van der Waals surface area contributed by atoms with Crippen molar-refractivity contribution in [2.75, 3.05) is 0 Å². The van der Waals surface area contributed by atoms with Crippen molar-refractivity contribution >= 4 is 23.7 Å². The van der Waals surface area contributed by atoms with E-state index in [4.69, 9.17) is 11.6 Å². The van der Waals surface area contributed by atoms with Crippen LogP contribution in [0.25, 0.3) is 5.69 Å². The topological polar surface area (TPSA) is 59.3 Å². The molecule has 5 nitrogen and oxygen atoms in total. The number of carbonyl (C=O) groups is 1. The zero-order valence-electron chi connectivity index (χ0n) is 13.6. The molecule has 0 saturated heterocycles. The summed E-state index contributed by atoms with van der Waals surface area (Å²) in [5.74, 6) is -0.554. The van der Waals surface area contributed by atoms with Gasteiger partial charge in [-0.1, -0.05) is 17.7 Å². The Bertz CT molecular complexity index is 998. The minimum Gasteiger partial charge on any atom is -0.316 e. The van der Waals surface area contributed by atoms with Crippen molar-refractivity contribution in [1.82, 2.24) is 15.0 Å². The molecular weight excluding hydrogens is 381 g/mol. The lowest BCUT2D eigenvalue weighted by atomic mass is 10.2. The van der Waals surface area contributed by atoms with E-state index in [1.165, 1.54) is 29.1 Å². The Labute approximate surface area is 157 Å². The van der Waals surface area contributed by atoms with Crippen molar-refractivity contribution in [2.45, 2.75) is 6.18 Å². The molecular formula is C18H12ClF3N4O. The lowest BCUT2D eigenvalue weighted by Crippen LogP contribution is -2.18. The maximum atomic E-state index is 12.9. The fourth-order valence-corrected chi connectivity index (χ4v) is 2.54. The van der Waals surface area contributed by atoms with Crippen molar-refractivity contribution in [3.05, 3.63) is 82.9 Å². The highest BCUT2D eigenvalue weighted by molar-refractivity contribution is 6.32. The van der Waals surface area contributed by atoms with E-state index in [-0.39, 0.29) is 10.7 Å². The third kappa shape index (κ3) is 4.35. The number of alkyl halides is 3. The van der Waals surface area contributed by atoms with Crippen LogP contribution in [0.5, 0.6) is 0 Å². The van der Waals surface area contributed by atoms with E-state index in [0.717, 1.165) is 12.1 Å². The molecule has 0 atom stereocenters. The number of aromatic nitrogens is 2. The van der Waals surface area contributed by atoms with Crippen molar-refractivity contribution in [2.24, 2.45) is 5.10 Å². The Hall–Kier alpha value is -3.13. The number of carbonyl (C=O) groups excluding carboxylic acids is 1. The summed E-state index contributed by atoms with van der Waals surface area (Å²) in [4.78, 5) is 15.8. The van der Waals surface area contributed by atoms with Crippen molar-refractivity contribution in [3.8, 4) is 5.69 Å². The van der Waals surface area contributed by atoms with Gasteiger partial charge in [0, 0.05) is 18.1 Å². The average molecular weight is 393 g/mol. The molecule has 0 spiro atoms. The fraction of sp³-hybridized carbons (Fsp3) is 0.0556. The van der Waals surface area contributed by atoms with Crippen LogP contribution in [0.3, 0.4) is 0 Å². The first-order valence-electron chi connectivity index (χ1n) is 7.65. The largest absolute Gasteiger partial charge is 0.416 e. The SMILES string of the molecule is O=C(N/N=C/c1cccn1-c1cccc(C(F)(F)F)c1)c1cccnc1Cl. The second-order valence-corrected chi connectivity index (χ2v) is 5.75. The highest BCUT2D eigenvalue weighted by atomic mass is 35.5. The van der Waals surface area contributed by atoms with Crippen LogP contribution in [-0.2, 0) is 6.18 Å². The first-order chi connectivity index (χ1) is 12.9. The summed E-state index contributed by atoms with van der Waals surface area (Å²) in [7, 11) is 0. The van der Waals surface area contributed by atoms with Crippen molar-refractivity contribution < 1.29 is 18.0 Å². The van der Waals surface area contributed by atoms with E-state index in [9.17, 15) is 18.0 Å². The van der Waals surface area contributed by atoms with Gasteiger partial charge < -0.3 is 4.57 Å². The molecule has 0 radical (unpaired) electrons. The normalized spacial score (nSPS) is 11.7. The van der Waals surface area contributed by atoms with Gasteiger partial charge in [-0.3, -0.25) is 4.79 Å². The molecule has 138 valence electrons. The van der Waals surface area contributed by atoms with E-state index in [1.54, 1.807) is 30.5 Å². The Balaban J connectivity index is 1.79. The van der Waals surface area contributed by atoms with Crippen LogP contribution >= 0.6 is 11.6 Å². The monoisotopic (exact) mass is 392 g/mol. The van der Waals surface area contributed by atoms with Gasteiger partial charge in [-0.05, 0) is 42.5 Å². The van der Waals surface area contributed by atoms with Gasteiger partial charge in [0.05, 0.1) is 23.0 Å². The number of amides is 1. The number of halogens is 4. The molecule has 0 aliphatic rings. The number of hydrogen-bond donors (Lipinski definition) is 1. The fourth-order valence-electron chi connectivity index (χ4n) is 2.34. The summed E-state index contributed by atoms with van der Waals surface area (Å²) in [5.41, 5.74) is 2.50. The minimum absolute atomic E-state index is 0.0394. The lowest BCUT2D eigenvalue weighted by Gasteiger charge is -2.11. The van der Waals surface area contributed by atoms with Crippen LogP contribution in [0.15, 0.2) is 66.0 Å². The molecule has 3 rings (SSSR count). The molecule has 0 bridgehead atoms. The molecule has 0 aliphatic heterocycles. The standard InChI is InChI=1S/C18H12ClF3N4O/c19-16-15(7-2-8-23-16)17(27)25-24-11-14-6-3-9-26(14)13-5-1-4-12(10-13)18(20,21)22/h1-11H,(H,25,27)/b24-11+. The number of hydrazone groups is 1. The van der Waals surface area contributed by atoms with Gasteiger partial charge in [0.2, 0.25) is 0 Å². The van der Waals surface area contributed by atoms with Gasteiger partial charge in [-0.25, -0.2) is 10.4 Å². The number of benzene rings is 1. The predicted octanol–water partition coefficient (Wildman–Crippen LogP) is 4.31. The van der Waals surface area contributed by atoms with Crippen LogP contribution in [-0.4, -0.2) is 21.7 Å². The zero-order chi connectivity index (χ0) is 19.4. The third-order valence-corrected chi connectivity index (χ3v) is 3.90. The highest BCUT2D eigenvalue weighted by Gasteiger charge is 2.30. The zero-order valence-corrected chi connectivity index (χ0v) is 14.4. The smallest absolute Gasteiger partial charge is 0.316 e. The molecule has 1 N–H and O–H groups in total. The van der Waals surface area contributed by atoms with Gasteiger partial charge in [0.15, 0.2) is 0 Å². The van der Waals surface area contributed by atoms with E-state index in [1.807, 2.05) is 0 Å². The highest BCUT2D eigenvalue weighted by Crippen LogP contribution is 2.30. The number of nitrogens with zero attached hydrogens (tertiary/aromatic N) is 3. The molecule has 1 aromatic carbocycles. The average Bonchev–Trinajstić information content (AvgIpc) is 3.10. The van der Waals surface area contributed by atoms with Crippen molar-refractivity contribution in [3.63, 3.8) is 0 Å². The molecule has 0 fully saturated rings. The molecule has 0 saturated carbocycles. The van der Waals surface area contributed by atoms with Crippen LogP contribution < -0.4 is 5.43 Å². The summed E-state index contributed by atoms with van der Waals surface area (Å²) in [6.45, 7) is 0. The number of rotatable bonds is 4. The maximum absolute atomic E-state index is 12.9. The Morgan fingerprint density at radius 2 is 2.00 bits per heavy atom. The van der Waals surface area contributed by atoms with Gasteiger partial charge >= 0.3 is 6.18 Å². The molecule has 27 heavy (non-hydrogen) atoms. The third-order valence-electron chi connectivity index (χ3n) is 3.60. The van der Waals surface area contributed by atoms with Crippen LogP contribution in [0.1, 0.15) is 21.6 Å². The van der Waals surface area contributed by atoms with E-state index in [0.29, 0.717) is 11.4 Å². The number of pyridine rings is 1. The molecule has 1 amide bonds. The molecule has 9 heteroatoms. The van der Waals surface area contributed by atoms with Crippen LogP contribution in [0, 0.1) is 0 Å². The Morgan fingerprint density at radius 1 is 1.19 bits per heavy atom. The van der Waals surface area contributed by atoms with Crippen molar-refractivity contribution in [1.29, 1.82) is 0 Å². The molecule has 2 heterocycles. The number of nitrogens with one attached hydrogen (secondary N) is 1.